The van der Waals surface area contributed by atoms with E-state index in [0.717, 1.165) is 49.1 Å². The van der Waals surface area contributed by atoms with Crippen molar-refractivity contribution in [2.75, 3.05) is 13.7 Å². The number of benzene rings is 1. The summed E-state index contributed by atoms with van der Waals surface area (Å²) in [5, 5.41) is 4.68. The lowest BCUT2D eigenvalue weighted by atomic mass is 9.82. The van der Waals surface area contributed by atoms with Gasteiger partial charge in [0.05, 0.1) is 19.0 Å². The summed E-state index contributed by atoms with van der Waals surface area (Å²) in [5.74, 6) is 1.51. The van der Waals surface area contributed by atoms with Crippen molar-refractivity contribution in [1.82, 2.24) is 24.6 Å². The minimum Gasteiger partial charge on any atom is -0.384 e. The zero-order chi connectivity index (χ0) is 23.9. The molecule has 3 heterocycles. The highest BCUT2D eigenvalue weighted by Crippen LogP contribution is 2.44. The number of fused-ring (bicyclic) bond motifs is 3. The molecule has 0 amide bonds. The number of nitrogens with zero attached hydrogens (tertiary/aromatic N) is 5. The number of aromatic nitrogens is 5. The van der Waals surface area contributed by atoms with E-state index < -0.39 is 5.82 Å². The molecule has 2 aliphatic rings. The molecule has 35 heavy (non-hydrogen) atoms. The van der Waals surface area contributed by atoms with Crippen molar-refractivity contribution < 1.29 is 9.13 Å². The Morgan fingerprint density at radius 3 is 2.91 bits per heavy atom. The average Bonchev–Trinajstić information content (AvgIpc) is 3.46. The Morgan fingerprint density at radius 1 is 1.17 bits per heavy atom. The van der Waals surface area contributed by atoms with Crippen LogP contribution in [0.25, 0.3) is 22.6 Å². The number of halogens is 1. The third kappa shape index (κ3) is 4.04. The van der Waals surface area contributed by atoms with Crippen LogP contribution < -0.4 is 0 Å². The molecule has 178 valence electrons. The fourth-order valence-electron chi connectivity index (χ4n) is 5.62. The van der Waals surface area contributed by atoms with Crippen LogP contribution in [0.2, 0.25) is 0 Å². The van der Waals surface area contributed by atoms with Gasteiger partial charge in [0.1, 0.15) is 11.6 Å². The van der Waals surface area contributed by atoms with E-state index in [1.165, 1.54) is 29.0 Å². The second kappa shape index (κ2) is 8.96. The van der Waals surface area contributed by atoms with Gasteiger partial charge in [-0.3, -0.25) is 4.98 Å². The molecule has 0 saturated heterocycles. The van der Waals surface area contributed by atoms with E-state index in [1.807, 2.05) is 10.7 Å². The number of hydrogen-bond donors (Lipinski definition) is 0. The molecular formula is C28H28FN5O. The Morgan fingerprint density at radius 2 is 2.06 bits per heavy atom. The van der Waals surface area contributed by atoms with Crippen molar-refractivity contribution in [3.8, 4) is 11.4 Å². The maximum atomic E-state index is 14.0. The van der Waals surface area contributed by atoms with E-state index >= 15 is 0 Å². The second-order valence-corrected chi connectivity index (χ2v) is 9.78. The highest BCUT2D eigenvalue weighted by Gasteiger charge is 2.29. The van der Waals surface area contributed by atoms with Gasteiger partial charge in [-0.1, -0.05) is 36.8 Å². The first-order valence-electron chi connectivity index (χ1n) is 12.2. The van der Waals surface area contributed by atoms with Gasteiger partial charge in [0.2, 0.25) is 0 Å². The zero-order valence-electron chi connectivity index (χ0n) is 20.0. The molecular weight excluding hydrogens is 441 g/mol. The quantitative estimate of drug-likeness (QED) is 0.377. The molecule has 0 N–H and O–H groups in total. The van der Waals surface area contributed by atoms with E-state index in [2.05, 4.69) is 41.3 Å². The summed E-state index contributed by atoms with van der Waals surface area (Å²) in [5.41, 5.74) is 8.30. The Hall–Kier alpha value is -3.45. The monoisotopic (exact) mass is 469 g/mol. The molecule has 6 rings (SSSR count). The number of hydrogen-bond acceptors (Lipinski definition) is 5. The first kappa shape index (κ1) is 22.0. The van der Waals surface area contributed by atoms with E-state index in [4.69, 9.17) is 14.7 Å². The van der Waals surface area contributed by atoms with Gasteiger partial charge in [-0.2, -0.15) is 5.10 Å². The molecule has 0 saturated carbocycles. The smallest absolute Gasteiger partial charge is 0.165 e. The molecule has 2 atom stereocenters. The van der Waals surface area contributed by atoms with Crippen LogP contribution in [0.3, 0.4) is 0 Å². The van der Waals surface area contributed by atoms with E-state index in [9.17, 15) is 4.39 Å². The van der Waals surface area contributed by atoms with Crippen LogP contribution in [0.1, 0.15) is 54.6 Å². The summed E-state index contributed by atoms with van der Waals surface area (Å²) in [4.78, 5) is 13.7. The maximum Gasteiger partial charge on any atom is 0.165 e. The Balaban J connectivity index is 1.38. The molecule has 3 aromatic heterocycles. The normalized spacial score (nSPS) is 18.1. The molecule has 0 spiro atoms. The summed E-state index contributed by atoms with van der Waals surface area (Å²) in [6.45, 7) is 2.66. The summed E-state index contributed by atoms with van der Waals surface area (Å²) < 4.78 is 21.2. The van der Waals surface area contributed by atoms with Crippen molar-refractivity contribution in [3.05, 3.63) is 82.8 Å². The molecule has 0 radical (unpaired) electrons. The van der Waals surface area contributed by atoms with Gasteiger partial charge in [0.25, 0.3) is 0 Å². The van der Waals surface area contributed by atoms with Gasteiger partial charge in [-0.25, -0.2) is 18.9 Å². The van der Waals surface area contributed by atoms with Crippen LogP contribution in [0.15, 0.2) is 54.5 Å². The highest BCUT2D eigenvalue weighted by molar-refractivity contribution is 5.77. The Labute approximate surface area is 203 Å². The van der Waals surface area contributed by atoms with Gasteiger partial charge < -0.3 is 4.74 Å². The first-order chi connectivity index (χ1) is 17.1. The van der Waals surface area contributed by atoms with Gasteiger partial charge in [0, 0.05) is 36.8 Å². The maximum absolute atomic E-state index is 14.0. The largest absolute Gasteiger partial charge is 0.384 e. The third-order valence-corrected chi connectivity index (χ3v) is 7.36. The van der Waals surface area contributed by atoms with Gasteiger partial charge in [0.15, 0.2) is 11.5 Å². The van der Waals surface area contributed by atoms with Crippen LogP contribution in [0, 0.1) is 11.7 Å². The third-order valence-electron chi connectivity index (χ3n) is 7.36. The summed E-state index contributed by atoms with van der Waals surface area (Å²) in [7, 11) is 1.69. The van der Waals surface area contributed by atoms with Crippen LogP contribution in [0.4, 0.5) is 4.39 Å². The predicted octanol–water partition coefficient (Wildman–Crippen LogP) is 5.43. The molecule has 6 nitrogen and oxygen atoms in total. The van der Waals surface area contributed by atoms with Crippen molar-refractivity contribution in [2.24, 2.45) is 5.92 Å². The number of ether oxygens (including phenoxy) is 1. The van der Waals surface area contributed by atoms with Crippen LogP contribution in [-0.2, 0) is 17.6 Å². The lowest BCUT2D eigenvalue weighted by Gasteiger charge is -2.24. The van der Waals surface area contributed by atoms with Crippen LogP contribution in [0.5, 0.6) is 0 Å². The summed E-state index contributed by atoms with van der Waals surface area (Å²) in [6, 6.07) is 10.2. The van der Waals surface area contributed by atoms with E-state index in [1.54, 1.807) is 18.9 Å². The second-order valence-electron chi connectivity index (χ2n) is 9.78. The molecule has 1 unspecified atom stereocenters. The molecule has 1 aromatic carbocycles. The first-order valence-corrected chi connectivity index (χ1v) is 12.2. The average molecular weight is 470 g/mol. The number of rotatable bonds is 6. The molecule has 7 heteroatoms. The lowest BCUT2D eigenvalue weighted by molar-refractivity contribution is 0.184. The lowest BCUT2D eigenvalue weighted by Crippen LogP contribution is -2.16. The topological polar surface area (TPSA) is 65.2 Å². The van der Waals surface area contributed by atoms with Gasteiger partial charge >= 0.3 is 0 Å². The van der Waals surface area contributed by atoms with Crippen LogP contribution in [-0.4, -0.2) is 38.3 Å². The Bertz CT molecular complexity index is 1440. The summed E-state index contributed by atoms with van der Waals surface area (Å²) >= 11 is 0. The van der Waals surface area contributed by atoms with Crippen molar-refractivity contribution in [1.29, 1.82) is 0 Å². The van der Waals surface area contributed by atoms with E-state index in [-0.39, 0.29) is 5.92 Å². The van der Waals surface area contributed by atoms with Crippen molar-refractivity contribution >= 4 is 11.2 Å². The van der Waals surface area contributed by atoms with Gasteiger partial charge in [-0.05, 0) is 54.4 Å². The molecule has 0 bridgehead atoms. The fraction of sp³-hybridized carbons (Fsp3) is 0.357. The zero-order valence-corrected chi connectivity index (χ0v) is 20.0. The Kier molecular flexibility index (Phi) is 5.65. The molecule has 0 fully saturated rings. The minimum absolute atomic E-state index is 0.121. The van der Waals surface area contributed by atoms with Crippen LogP contribution >= 0.6 is 0 Å². The number of methoxy groups -OCH3 is 1. The molecule has 4 aromatic rings. The number of pyridine rings is 1. The predicted molar refractivity (Wildman–Crippen MR) is 132 cm³/mol. The van der Waals surface area contributed by atoms with Crippen molar-refractivity contribution in [2.45, 2.75) is 44.9 Å². The van der Waals surface area contributed by atoms with Crippen molar-refractivity contribution in [3.63, 3.8) is 0 Å². The molecule has 0 aliphatic heterocycles. The minimum atomic E-state index is -0.402. The fourth-order valence-corrected chi connectivity index (χ4v) is 5.62. The standard InChI is InChI=1S/C28H28FN5O/c1-17(16-35-2)25-15-31-34-26(32-27(33-28(25)34)21-12-22(29)14-30-13-21)10-18-7-8-20-11-19-5-3-4-6-23(19)24(20)9-18/h3-6,12-15,17-18H,7-11,16H2,1-2H3/t17?,18-/m1/s1. The van der Waals surface area contributed by atoms with E-state index in [0.29, 0.717) is 23.9 Å². The summed E-state index contributed by atoms with van der Waals surface area (Å²) in [6.07, 6.45) is 9.84. The SMILES string of the molecule is COCC(C)c1cnn2c(C[C@@H]3CCC4=C(C3)c3ccccc3C4)nc(-c3cncc(F)c3)nc12. The highest BCUT2D eigenvalue weighted by atomic mass is 19.1. The van der Waals surface area contributed by atoms with Gasteiger partial charge in [-0.15, -0.1) is 0 Å². The number of allylic oxidation sites excluding steroid dienone is 2. The molecule has 2 aliphatic carbocycles.